The maximum atomic E-state index is 13.5. The first kappa shape index (κ1) is 17.0. The summed E-state index contributed by atoms with van der Waals surface area (Å²) < 4.78 is 19.3. The number of rotatable bonds is 5. The van der Waals surface area contributed by atoms with E-state index in [1.165, 1.54) is 29.5 Å². The Morgan fingerprint density at radius 3 is 2.84 bits per heavy atom. The number of fused-ring (bicyclic) bond motifs is 1. The number of halogens is 1. The fourth-order valence-electron chi connectivity index (χ4n) is 2.23. The Bertz CT molecular complexity index is 939. The molecule has 0 aliphatic heterocycles. The van der Waals surface area contributed by atoms with E-state index < -0.39 is 24.3 Å². The van der Waals surface area contributed by atoms with Gasteiger partial charge in [0.1, 0.15) is 5.82 Å². The largest absolute Gasteiger partial charge is 0.455 e. The van der Waals surface area contributed by atoms with Crippen molar-refractivity contribution in [1.29, 1.82) is 0 Å². The quantitative estimate of drug-likeness (QED) is 0.709. The number of anilines is 1. The van der Waals surface area contributed by atoms with Gasteiger partial charge in [0.25, 0.3) is 5.91 Å². The summed E-state index contributed by atoms with van der Waals surface area (Å²) in [4.78, 5) is 27.9. The van der Waals surface area contributed by atoms with Crippen LogP contribution in [0.5, 0.6) is 0 Å². The first-order valence-corrected chi connectivity index (χ1v) is 8.39. The molecule has 0 radical (unpaired) electrons. The van der Waals surface area contributed by atoms with E-state index in [2.05, 4.69) is 10.3 Å². The number of carbonyl (C=O) groups excluding carboxylic acids is 2. The third-order valence-corrected chi connectivity index (χ3v) is 4.38. The van der Waals surface area contributed by atoms with E-state index >= 15 is 0 Å². The number of amides is 1. The Kier molecular flexibility index (Phi) is 5.04. The minimum atomic E-state index is -0.667. The van der Waals surface area contributed by atoms with E-state index in [0.29, 0.717) is 5.13 Å². The number of ether oxygens (including phenoxy) is 1. The van der Waals surface area contributed by atoms with Gasteiger partial charge in [-0.3, -0.25) is 14.9 Å². The molecule has 1 N–H and O–H groups in total. The predicted octanol–water partition coefficient (Wildman–Crippen LogP) is 3.47. The Morgan fingerprint density at radius 1 is 1.24 bits per heavy atom. The van der Waals surface area contributed by atoms with Crippen molar-refractivity contribution in [2.75, 3.05) is 11.9 Å². The van der Waals surface area contributed by atoms with Gasteiger partial charge in [0.05, 0.1) is 16.6 Å². The zero-order valence-corrected chi connectivity index (χ0v) is 14.2. The van der Waals surface area contributed by atoms with Crippen LogP contribution in [0.4, 0.5) is 9.52 Å². The molecule has 0 fully saturated rings. The lowest BCUT2D eigenvalue weighted by atomic mass is 10.1. The highest BCUT2D eigenvalue weighted by molar-refractivity contribution is 7.22. The number of aromatic nitrogens is 1. The normalized spacial score (nSPS) is 10.6. The van der Waals surface area contributed by atoms with Gasteiger partial charge in [0, 0.05) is 0 Å². The third kappa shape index (κ3) is 4.39. The van der Waals surface area contributed by atoms with Gasteiger partial charge in [-0.15, -0.1) is 0 Å². The molecular weight excluding hydrogens is 343 g/mol. The lowest BCUT2D eigenvalue weighted by molar-refractivity contribution is -0.146. The average molecular weight is 358 g/mol. The number of benzene rings is 2. The van der Waals surface area contributed by atoms with Gasteiger partial charge in [-0.25, -0.2) is 9.37 Å². The summed E-state index contributed by atoms with van der Waals surface area (Å²) in [5.41, 5.74) is 2.13. The van der Waals surface area contributed by atoms with E-state index in [1.807, 2.05) is 25.1 Å². The van der Waals surface area contributed by atoms with Crippen LogP contribution in [0.15, 0.2) is 42.5 Å². The molecule has 3 aromatic rings. The molecule has 0 bridgehead atoms. The van der Waals surface area contributed by atoms with Gasteiger partial charge < -0.3 is 4.74 Å². The molecule has 7 heteroatoms. The summed E-state index contributed by atoms with van der Waals surface area (Å²) in [6.45, 7) is 1.54. The zero-order valence-electron chi connectivity index (χ0n) is 13.4. The first-order valence-electron chi connectivity index (χ1n) is 7.57. The van der Waals surface area contributed by atoms with Crippen molar-refractivity contribution in [1.82, 2.24) is 4.98 Å². The summed E-state index contributed by atoms with van der Waals surface area (Å²) in [7, 11) is 0. The Hall–Kier alpha value is -2.80. The summed E-state index contributed by atoms with van der Waals surface area (Å²) in [5, 5.41) is 3.04. The van der Waals surface area contributed by atoms with Crippen LogP contribution < -0.4 is 5.32 Å². The maximum absolute atomic E-state index is 13.5. The predicted molar refractivity (Wildman–Crippen MR) is 94.0 cm³/mol. The molecule has 128 valence electrons. The third-order valence-electron chi connectivity index (χ3n) is 3.45. The van der Waals surface area contributed by atoms with E-state index in [-0.39, 0.29) is 12.0 Å². The Labute approximate surface area is 147 Å². The Balaban J connectivity index is 1.53. The summed E-state index contributed by atoms with van der Waals surface area (Å²) in [6.07, 6.45) is -0.222. The summed E-state index contributed by atoms with van der Waals surface area (Å²) in [5.74, 6) is -1.63. The molecule has 1 heterocycles. The molecule has 0 unspecified atom stereocenters. The van der Waals surface area contributed by atoms with E-state index in [4.69, 9.17) is 4.74 Å². The number of esters is 1. The molecule has 0 saturated carbocycles. The van der Waals surface area contributed by atoms with Crippen molar-refractivity contribution >= 4 is 38.6 Å². The molecule has 1 aromatic heterocycles. The van der Waals surface area contributed by atoms with Crippen LogP contribution in [0.25, 0.3) is 10.2 Å². The highest BCUT2D eigenvalue weighted by Gasteiger charge is 2.13. The van der Waals surface area contributed by atoms with Crippen molar-refractivity contribution in [2.45, 2.75) is 13.3 Å². The van der Waals surface area contributed by atoms with Crippen LogP contribution in [0.2, 0.25) is 0 Å². The topological polar surface area (TPSA) is 68.3 Å². The number of hydrogen-bond donors (Lipinski definition) is 1. The standard InChI is InChI=1S/C18H15FN2O3S/c1-11-6-7-14-15(8-11)25-18(20-14)21-16(22)10-24-17(23)9-12-4-2-3-5-13(12)19/h2-8H,9-10H2,1H3,(H,20,21,22). The van der Waals surface area contributed by atoms with E-state index in [9.17, 15) is 14.0 Å². The Morgan fingerprint density at radius 2 is 2.04 bits per heavy atom. The van der Waals surface area contributed by atoms with Gasteiger partial charge in [0.15, 0.2) is 11.7 Å². The van der Waals surface area contributed by atoms with Crippen LogP contribution in [0.3, 0.4) is 0 Å². The van der Waals surface area contributed by atoms with E-state index in [0.717, 1.165) is 15.8 Å². The van der Waals surface area contributed by atoms with Crippen molar-refractivity contribution in [2.24, 2.45) is 0 Å². The fourth-order valence-corrected chi connectivity index (χ4v) is 3.22. The number of nitrogens with one attached hydrogen (secondary N) is 1. The number of nitrogens with zero attached hydrogens (tertiary/aromatic N) is 1. The summed E-state index contributed by atoms with van der Waals surface area (Å²) >= 11 is 1.35. The van der Waals surface area contributed by atoms with Crippen LogP contribution >= 0.6 is 11.3 Å². The number of aryl methyl sites for hydroxylation is 1. The number of hydrogen-bond acceptors (Lipinski definition) is 5. The molecule has 3 rings (SSSR count). The smallest absolute Gasteiger partial charge is 0.310 e. The van der Waals surface area contributed by atoms with E-state index in [1.54, 1.807) is 6.07 Å². The molecule has 1 amide bonds. The van der Waals surface area contributed by atoms with Crippen LogP contribution in [0.1, 0.15) is 11.1 Å². The van der Waals surface area contributed by atoms with Crippen molar-refractivity contribution in [3.8, 4) is 0 Å². The minimum Gasteiger partial charge on any atom is -0.455 e. The van der Waals surface area contributed by atoms with Gasteiger partial charge in [0.2, 0.25) is 0 Å². The maximum Gasteiger partial charge on any atom is 0.310 e. The number of carbonyl (C=O) groups is 2. The van der Waals surface area contributed by atoms with Crippen LogP contribution in [-0.4, -0.2) is 23.5 Å². The summed E-state index contributed by atoms with van der Waals surface area (Å²) in [6, 6.07) is 11.7. The second-order valence-electron chi connectivity index (χ2n) is 5.47. The average Bonchev–Trinajstić information content (AvgIpc) is 2.96. The second kappa shape index (κ2) is 7.40. The van der Waals surface area contributed by atoms with Crippen molar-refractivity contribution < 1.29 is 18.7 Å². The van der Waals surface area contributed by atoms with Crippen LogP contribution in [0, 0.1) is 12.7 Å². The zero-order chi connectivity index (χ0) is 17.8. The highest BCUT2D eigenvalue weighted by Crippen LogP contribution is 2.26. The fraction of sp³-hybridized carbons (Fsp3) is 0.167. The molecule has 0 saturated heterocycles. The molecule has 0 aliphatic carbocycles. The van der Waals surface area contributed by atoms with Crippen LogP contribution in [-0.2, 0) is 20.7 Å². The number of thiazole rings is 1. The minimum absolute atomic E-state index is 0.222. The van der Waals surface area contributed by atoms with Gasteiger partial charge in [-0.1, -0.05) is 35.6 Å². The molecule has 25 heavy (non-hydrogen) atoms. The van der Waals surface area contributed by atoms with Crippen molar-refractivity contribution in [3.05, 3.63) is 59.4 Å². The first-order chi connectivity index (χ1) is 12.0. The molecular formula is C18H15FN2O3S. The van der Waals surface area contributed by atoms with Crippen molar-refractivity contribution in [3.63, 3.8) is 0 Å². The SMILES string of the molecule is Cc1ccc2nc(NC(=O)COC(=O)Cc3ccccc3F)sc2c1. The lowest BCUT2D eigenvalue weighted by Crippen LogP contribution is -2.21. The van der Waals surface area contributed by atoms with Gasteiger partial charge in [-0.2, -0.15) is 0 Å². The molecule has 0 spiro atoms. The lowest BCUT2D eigenvalue weighted by Gasteiger charge is -2.05. The molecule has 5 nitrogen and oxygen atoms in total. The monoisotopic (exact) mass is 358 g/mol. The van der Waals surface area contributed by atoms with Gasteiger partial charge >= 0.3 is 5.97 Å². The molecule has 0 atom stereocenters. The highest BCUT2D eigenvalue weighted by atomic mass is 32.1. The molecule has 2 aromatic carbocycles. The molecule has 0 aliphatic rings. The second-order valence-corrected chi connectivity index (χ2v) is 6.50. The van der Waals surface area contributed by atoms with Gasteiger partial charge in [-0.05, 0) is 36.2 Å².